The molecule has 0 aromatic heterocycles. The van der Waals surface area contributed by atoms with E-state index in [4.69, 9.17) is 33.2 Å². The third kappa shape index (κ3) is 7.54. The third-order valence-electron chi connectivity index (χ3n) is 13.8. The highest BCUT2D eigenvalue weighted by atomic mass is 16.7. The number of aliphatic hydroxyl groups is 5. The number of rotatable bonds is 7. The van der Waals surface area contributed by atoms with Crippen LogP contribution in [0.4, 0.5) is 0 Å². The Balaban J connectivity index is 0.902. The number of benzene rings is 1. The van der Waals surface area contributed by atoms with Crippen LogP contribution in [0.5, 0.6) is 5.75 Å². The molecular weight excluding hydrogens is 772 g/mol. The van der Waals surface area contributed by atoms with Gasteiger partial charge in [-0.1, -0.05) is 24.3 Å². The first kappa shape index (κ1) is 43.0. The van der Waals surface area contributed by atoms with E-state index in [1.165, 1.54) is 24.3 Å². The predicted octanol–water partition coefficient (Wildman–Crippen LogP) is 2.45. The average molecular weight is 831 g/mol. The second-order valence-electron chi connectivity index (χ2n) is 18.1. The minimum Gasteiger partial charge on any atom is -0.507 e. The van der Waals surface area contributed by atoms with Crippen molar-refractivity contribution >= 4 is 17.3 Å². The van der Waals surface area contributed by atoms with E-state index in [0.717, 1.165) is 0 Å². The zero-order valence-electron chi connectivity index (χ0n) is 34.1. The van der Waals surface area contributed by atoms with Gasteiger partial charge in [0.1, 0.15) is 17.5 Å². The van der Waals surface area contributed by atoms with Crippen LogP contribution in [0.15, 0.2) is 24.3 Å². The highest BCUT2D eigenvalue weighted by Gasteiger charge is 2.70. The number of hydrogen-bond acceptors (Lipinski definition) is 16. The van der Waals surface area contributed by atoms with Crippen LogP contribution in [0, 0.1) is 11.8 Å². The van der Waals surface area contributed by atoms with Gasteiger partial charge in [0.15, 0.2) is 41.8 Å². The number of ketones is 3. The van der Waals surface area contributed by atoms with Crippen molar-refractivity contribution in [2.75, 3.05) is 0 Å². The molecule has 1 aromatic rings. The van der Waals surface area contributed by atoms with Gasteiger partial charge in [0.25, 0.3) is 0 Å². The Morgan fingerprint density at radius 3 is 1.97 bits per heavy atom. The Hall–Kier alpha value is -2.71. The van der Waals surface area contributed by atoms with Crippen LogP contribution < -0.4 is 0 Å². The van der Waals surface area contributed by atoms with Gasteiger partial charge < -0.3 is 63.8 Å². The van der Waals surface area contributed by atoms with Crippen LogP contribution in [-0.4, -0.2) is 139 Å². The van der Waals surface area contributed by atoms with Crippen molar-refractivity contribution in [2.45, 2.75) is 189 Å². The molecule has 0 radical (unpaired) electrons. The Morgan fingerprint density at radius 2 is 1.34 bits per heavy atom. The Labute approximate surface area is 342 Å². The normalized spacial score (nSPS) is 47.6. The summed E-state index contributed by atoms with van der Waals surface area (Å²) in [6.07, 6.45) is -2.27. The molecule has 1 aromatic carbocycles. The van der Waals surface area contributed by atoms with E-state index in [9.17, 15) is 45.0 Å². The molecule has 326 valence electrons. The summed E-state index contributed by atoms with van der Waals surface area (Å²) in [5.41, 5.74) is -6.66. The fraction of sp³-hybridized carbons (Fsp3) is 0.744. The quantitative estimate of drug-likeness (QED) is 0.217. The summed E-state index contributed by atoms with van der Waals surface area (Å²) in [7, 11) is 0. The first-order valence-electron chi connectivity index (χ1n) is 21.1. The SMILES string of the molecule is C[C@@H]1O[C@@H](O[C@@]2(C)CC(=O)[C@]3(O)[C@H]4C(=O)c5ccc([C@@H]6C[C@@H](O)[C@H](O)[C@@H](C)O6)c(O)c5C(=O)[C@@H]4C=C[C@@]3(O)C2)CC[C@H]1O[C@H]1CC[C@@H](O[C@H]2CC[C@H](O)[C@@H](C)O2)[C@@H](C)O1. The zero-order valence-corrected chi connectivity index (χ0v) is 34.1. The van der Waals surface area contributed by atoms with Gasteiger partial charge in [-0.05, 0) is 53.9 Å². The summed E-state index contributed by atoms with van der Waals surface area (Å²) in [6, 6.07) is 2.71. The van der Waals surface area contributed by atoms with Crippen LogP contribution >= 0.6 is 0 Å². The van der Waals surface area contributed by atoms with Crippen LogP contribution in [0.25, 0.3) is 0 Å². The van der Waals surface area contributed by atoms with Crippen LogP contribution in [0.3, 0.4) is 0 Å². The lowest BCUT2D eigenvalue weighted by atomic mass is 9.52. The summed E-state index contributed by atoms with van der Waals surface area (Å²) in [5, 5.41) is 66.2. The standard InChI is InChI=1S/C43H58O16/c1-19-26(44)8-11-32(54-19)57-28-9-12-33(55-20(28)2)58-29-10-13-34(56-21(29)3)59-41(5)17-31(46)43(52)36-25(14-15-42(43,51)18-41)39(49)35-24(40(36)50)7-6-23(38(35)48)30-16-27(45)37(47)22(4)53-30/h6-7,14-15,19-22,25-30,32-34,36-37,44-45,47-48,51-52H,8-13,16-18H2,1-5H3/t19-,20-,21+,22-,25-,26+,27-,28-,29-,30+,32+,33+,34+,36-,37-,41+,42-,43+/m1/s1. The van der Waals surface area contributed by atoms with Gasteiger partial charge in [0.05, 0.1) is 77.9 Å². The maximum Gasteiger partial charge on any atom is 0.175 e. The van der Waals surface area contributed by atoms with E-state index in [-0.39, 0.29) is 60.4 Å². The molecule has 0 unspecified atom stereocenters. The van der Waals surface area contributed by atoms with Gasteiger partial charge in [0, 0.05) is 49.7 Å². The summed E-state index contributed by atoms with van der Waals surface area (Å²) in [6.45, 7) is 8.84. The second kappa shape index (κ2) is 15.9. The summed E-state index contributed by atoms with van der Waals surface area (Å²) >= 11 is 0. The Kier molecular flexibility index (Phi) is 11.6. The Morgan fingerprint density at radius 1 is 0.729 bits per heavy atom. The molecule has 0 spiro atoms. The number of aliphatic hydroxyl groups excluding tert-OH is 3. The van der Waals surface area contributed by atoms with Crippen molar-refractivity contribution in [3.8, 4) is 5.75 Å². The van der Waals surface area contributed by atoms with Crippen LogP contribution in [0.2, 0.25) is 0 Å². The van der Waals surface area contributed by atoms with Gasteiger partial charge >= 0.3 is 0 Å². The van der Waals surface area contributed by atoms with Crippen molar-refractivity contribution in [3.63, 3.8) is 0 Å². The van der Waals surface area contributed by atoms with Crippen molar-refractivity contribution in [1.82, 2.24) is 0 Å². The van der Waals surface area contributed by atoms with Gasteiger partial charge in [-0.25, -0.2) is 0 Å². The minimum atomic E-state index is -2.68. The molecule has 4 heterocycles. The van der Waals surface area contributed by atoms with E-state index in [1.807, 2.05) is 20.8 Å². The fourth-order valence-corrected chi connectivity index (χ4v) is 10.5. The van der Waals surface area contributed by atoms with Gasteiger partial charge in [0.2, 0.25) is 0 Å². The van der Waals surface area contributed by atoms with Gasteiger partial charge in [-0.2, -0.15) is 0 Å². The lowest BCUT2D eigenvalue weighted by Crippen LogP contribution is -2.74. The summed E-state index contributed by atoms with van der Waals surface area (Å²) in [5.74, 6) is -5.93. The maximum absolute atomic E-state index is 14.2. The number of aromatic hydroxyl groups is 1. The minimum absolute atomic E-state index is 0.0659. The topological polar surface area (TPSA) is 237 Å². The monoisotopic (exact) mass is 830 g/mol. The zero-order chi connectivity index (χ0) is 42.3. The van der Waals surface area contributed by atoms with Gasteiger partial charge in [-0.15, -0.1) is 0 Å². The number of phenolic OH excluding ortho intramolecular Hbond substituents is 1. The lowest BCUT2D eigenvalue weighted by Gasteiger charge is -2.56. The molecule has 4 aliphatic heterocycles. The Bertz CT molecular complexity index is 1820. The number of Topliss-reactive ketones (excluding diaryl/α,β-unsaturated/α-hetero) is 3. The number of carbonyl (C=O) groups excluding carboxylic acids is 3. The molecule has 1 saturated carbocycles. The largest absolute Gasteiger partial charge is 0.507 e. The molecular formula is C43H58O16. The van der Waals surface area contributed by atoms with E-state index < -0.39 is 107 Å². The molecule has 4 saturated heterocycles. The molecule has 59 heavy (non-hydrogen) atoms. The van der Waals surface area contributed by atoms with Gasteiger partial charge in [-0.3, -0.25) is 14.4 Å². The predicted molar refractivity (Wildman–Crippen MR) is 203 cm³/mol. The molecule has 16 nitrogen and oxygen atoms in total. The third-order valence-corrected chi connectivity index (χ3v) is 13.8. The molecule has 3 aliphatic carbocycles. The number of fused-ring (bicyclic) bond motifs is 4. The highest BCUT2D eigenvalue weighted by molar-refractivity contribution is 6.20. The number of ether oxygens (including phenoxy) is 7. The first-order valence-corrected chi connectivity index (χ1v) is 21.1. The van der Waals surface area contributed by atoms with Crippen molar-refractivity contribution in [3.05, 3.63) is 41.0 Å². The number of allylic oxidation sites excluding steroid dienone is 1. The molecule has 16 heteroatoms. The van der Waals surface area contributed by atoms with E-state index in [0.29, 0.717) is 38.5 Å². The van der Waals surface area contributed by atoms with Crippen LogP contribution in [0.1, 0.15) is 125 Å². The number of hydrogen-bond donors (Lipinski definition) is 6. The van der Waals surface area contributed by atoms with E-state index in [1.54, 1.807) is 13.8 Å². The average Bonchev–Trinajstić information content (AvgIpc) is 3.16. The molecule has 7 aliphatic rings. The molecule has 0 bridgehead atoms. The van der Waals surface area contributed by atoms with E-state index >= 15 is 0 Å². The fourth-order valence-electron chi connectivity index (χ4n) is 10.5. The number of phenols is 1. The maximum atomic E-state index is 14.2. The first-order chi connectivity index (χ1) is 27.8. The highest BCUT2D eigenvalue weighted by Crippen LogP contribution is 2.55. The summed E-state index contributed by atoms with van der Waals surface area (Å²) < 4.78 is 43.0. The van der Waals surface area contributed by atoms with Crippen molar-refractivity contribution < 1.29 is 78.2 Å². The molecule has 18 atom stereocenters. The van der Waals surface area contributed by atoms with Crippen molar-refractivity contribution in [2.24, 2.45) is 11.8 Å². The molecule has 5 fully saturated rings. The van der Waals surface area contributed by atoms with Crippen LogP contribution in [-0.2, 0) is 38.0 Å². The van der Waals surface area contributed by atoms with E-state index in [2.05, 4.69) is 0 Å². The molecule has 6 N–H and O–H groups in total. The summed E-state index contributed by atoms with van der Waals surface area (Å²) in [4.78, 5) is 42.5. The number of carbonyl (C=O) groups is 3. The van der Waals surface area contributed by atoms with Crippen molar-refractivity contribution in [1.29, 1.82) is 0 Å². The smallest absolute Gasteiger partial charge is 0.175 e. The molecule has 8 rings (SSSR count). The second-order valence-corrected chi connectivity index (χ2v) is 18.1. The lowest BCUT2D eigenvalue weighted by molar-refractivity contribution is -0.314. The molecule has 0 amide bonds.